The van der Waals surface area contributed by atoms with Crippen LogP contribution in [0.4, 0.5) is 0 Å². The fourth-order valence-electron chi connectivity index (χ4n) is 2.62. The molecule has 0 aliphatic carbocycles. The Morgan fingerprint density at radius 1 is 0.792 bits per heavy atom. The Bertz CT molecular complexity index is 848. The molecular formula is C20H16ClO2P. The second-order valence-corrected chi connectivity index (χ2v) is 8.77. The van der Waals surface area contributed by atoms with E-state index in [4.69, 9.17) is 11.6 Å². The van der Waals surface area contributed by atoms with Gasteiger partial charge in [-0.15, -0.1) is 0 Å². The number of hydrogen-bond acceptors (Lipinski definition) is 2. The first-order valence-corrected chi connectivity index (χ1v) is 9.86. The molecule has 0 saturated heterocycles. The Morgan fingerprint density at radius 3 is 1.83 bits per heavy atom. The molecule has 0 radical (unpaired) electrons. The highest BCUT2D eigenvalue weighted by Crippen LogP contribution is 2.43. The van der Waals surface area contributed by atoms with Gasteiger partial charge in [-0.25, -0.2) is 0 Å². The van der Waals surface area contributed by atoms with Gasteiger partial charge in [0, 0.05) is 21.2 Å². The summed E-state index contributed by atoms with van der Waals surface area (Å²) in [5, 5.41) is 1.87. The molecule has 3 aromatic rings. The molecule has 0 heterocycles. The van der Waals surface area contributed by atoms with Crippen molar-refractivity contribution < 1.29 is 9.36 Å². The second-order valence-electron chi connectivity index (χ2n) is 5.50. The molecule has 0 N–H and O–H groups in total. The molecule has 0 atom stereocenters. The summed E-state index contributed by atoms with van der Waals surface area (Å²) < 4.78 is 13.8. The number of halogens is 1. The molecule has 0 bridgehead atoms. The van der Waals surface area contributed by atoms with Crippen LogP contribution in [0.25, 0.3) is 0 Å². The van der Waals surface area contributed by atoms with E-state index in [9.17, 15) is 9.36 Å². The van der Waals surface area contributed by atoms with Crippen molar-refractivity contribution in [2.24, 2.45) is 0 Å². The van der Waals surface area contributed by atoms with Gasteiger partial charge in [-0.1, -0.05) is 84.4 Å². The molecule has 24 heavy (non-hydrogen) atoms. The van der Waals surface area contributed by atoms with E-state index < -0.39 is 7.14 Å². The lowest BCUT2D eigenvalue weighted by Crippen LogP contribution is -2.22. The van der Waals surface area contributed by atoms with Gasteiger partial charge in [-0.05, 0) is 12.1 Å². The summed E-state index contributed by atoms with van der Waals surface area (Å²) in [4.78, 5) is 12.7. The van der Waals surface area contributed by atoms with E-state index in [1.54, 1.807) is 24.3 Å². The van der Waals surface area contributed by atoms with Crippen molar-refractivity contribution in [3.63, 3.8) is 0 Å². The third kappa shape index (κ3) is 3.51. The highest BCUT2D eigenvalue weighted by atomic mass is 35.5. The Balaban J connectivity index is 2.03. The van der Waals surface area contributed by atoms with Gasteiger partial charge in [0.1, 0.15) is 0 Å². The van der Waals surface area contributed by atoms with Crippen LogP contribution in [0.5, 0.6) is 0 Å². The van der Waals surface area contributed by atoms with Crippen molar-refractivity contribution in [1.29, 1.82) is 0 Å². The Hall–Kier alpha value is -2.15. The molecule has 0 saturated carbocycles. The highest BCUT2D eigenvalue weighted by Gasteiger charge is 2.30. The summed E-state index contributed by atoms with van der Waals surface area (Å²) >= 11 is 5.97. The summed E-state index contributed by atoms with van der Waals surface area (Å²) in [6, 6.07) is 25.1. The molecule has 0 spiro atoms. The first-order valence-electron chi connectivity index (χ1n) is 7.59. The largest absolute Gasteiger partial charge is 0.313 e. The highest BCUT2D eigenvalue weighted by molar-refractivity contribution is 7.79. The lowest BCUT2D eigenvalue weighted by atomic mass is 10.1. The van der Waals surface area contributed by atoms with Crippen LogP contribution in [-0.2, 0) is 4.57 Å². The summed E-state index contributed by atoms with van der Waals surface area (Å²) in [5.74, 6) is -0.173. The van der Waals surface area contributed by atoms with Crippen LogP contribution in [0.2, 0.25) is 5.02 Å². The summed E-state index contributed by atoms with van der Waals surface area (Å²) in [6.07, 6.45) is -0.0542. The molecule has 0 unspecified atom stereocenters. The Morgan fingerprint density at radius 2 is 1.33 bits per heavy atom. The number of rotatable bonds is 5. The van der Waals surface area contributed by atoms with E-state index in [1.165, 1.54) is 0 Å². The van der Waals surface area contributed by atoms with Crippen LogP contribution in [0, 0.1) is 0 Å². The lowest BCUT2D eigenvalue weighted by molar-refractivity contribution is 0.102. The smallest absolute Gasteiger partial charge is 0.170 e. The minimum absolute atomic E-state index is 0.0542. The molecule has 0 aliphatic heterocycles. The zero-order valence-corrected chi connectivity index (χ0v) is 14.6. The van der Waals surface area contributed by atoms with Crippen LogP contribution in [0.1, 0.15) is 10.4 Å². The van der Waals surface area contributed by atoms with Crippen LogP contribution in [0.15, 0.2) is 84.9 Å². The molecule has 0 fully saturated rings. The average molecular weight is 355 g/mol. The second kappa shape index (κ2) is 7.17. The molecular weight excluding hydrogens is 339 g/mol. The molecule has 0 aromatic heterocycles. The summed E-state index contributed by atoms with van der Waals surface area (Å²) in [5.41, 5.74) is 0.481. The molecule has 3 rings (SSSR count). The molecule has 0 aliphatic rings. The molecule has 120 valence electrons. The topological polar surface area (TPSA) is 34.1 Å². The zero-order chi connectivity index (χ0) is 17.0. The number of Topliss-reactive ketones (excluding diaryl/α,β-unsaturated/α-hetero) is 1. The Labute approximate surface area is 146 Å². The maximum absolute atomic E-state index is 13.8. The first kappa shape index (κ1) is 16.7. The standard InChI is InChI=1S/C20H16ClO2P/c21-17-9-7-8-16(14-17)20(22)15-24(23,18-10-3-1-4-11-18)19-12-5-2-6-13-19/h1-14H,15H2. The molecule has 4 heteroatoms. The average Bonchev–Trinajstić information content (AvgIpc) is 2.63. The molecule has 3 aromatic carbocycles. The van der Waals surface area contributed by atoms with Crippen molar-refractivity contribution >= 4 is 35.1 Å². The maximum atomic E-state index is 13.8. The van der Waals surface area contributed by atoms with Crippen molar-refractivity contribution in [2.45, 2.75) is 0 Å². The Kier molecular flexibility index (Phi) is 4.99. The first-order chi connectivity index (χ1) is 11.6. The number of ketones is 1. The van der Waals surface area contributed by atoms with Crippen LogP contribution < -0.4 is 10.6 Å². The normalized spacial score (nSPS) is 11.2. The third-order valence-electron chi connectivity index (χ3n) is 3.86. The summed E-state index contributed by atoms with van der Waals surface area (Å²) in [6.45, 7) is 0. The van der Waals surface area contributed by atoms with Crippen LogP contribution >= 0.6 is 18.7 Å². The van der Waals surface area contributed by atoms with Gasteiger partial charge in [-0.2, -0.15) is 0 Å². The van der Waals surface area contributed by atoms with E-state index in [-0.39, 0.29) is 11.9 Å². The molecule has 0 amide bonds. The van der Waals surface area contributed by atoms with Gasteiger partial charge in [0.05, 0.1) is 6.16 Å². The summed E-state index contributed by atoms with van der Waals surface area (Å²) in [7, 11) is -3.05. The van der Waals surface area contributed by atoms with Crippen LogP contribution in [-0.4, -0.2) is 11.9 Å². The monoisotopic (exact) mass is 354 g/mol. The fourth-order valence-corrected chi connectivity index (χ4v) is 5.37. The maximum Gasteiger partial charge on any atom is 0.170 e. The quantitative estimate of drug-likeness (QED) is 0.498. The predicted octanol–water partition coefficient (Wildman–Crippen LogP) is 4.54. The van der Waals surface area contributed by atoms with Gasteiger partial charge in [0.15, 0.2) is 12.9 Å². The number of carbonyl (C=O) groups is 1. The van der Waals surface area contributed by atoms with Crippen LogP contribution in [0.3, 0.4) is 0 Å². The zero-order valence-electron chi connectivity index (χ0n) is 12.9. The van der Waals surface area contributed by atoms with Crippen molar-refractivity contribution in [1.82, 2.24) is 0 Å². The van der Waals surface area contributed by atoms with E-state index in [1.807, 2.05) is 60.7 Å². The van der Waals surface area contributed by atoms with Gasteiger partial charge in [0.2, 0.25) is 0 Å². The van der Waals surface area contributed by atoms with Gasteiger partial charge in [0.25, 0.3) is 0 Å². The SMILES string of the molecule is O=C(CP(=O)(c1ccccc1)c1ccccc1)c1cccc(Cl)c1. The lowest BCUT2D eigenvalue weighted by Gasteiger charge is -2.18. The molecule has 2 nitrogen and oxygen atoms in total. The van der Waals surface area contributed by atoms with E-state index in [2.05, 4.69) is 0 Å². The van der Waals surface area contributed by atoms with Crippen molar-refractivity contribution in [3.05, 3.63) is 95.5 Å². The van der Waals surface area contributed by atoms with Gasteiger partial charge >= 0.3 is 0 Å². The number of carbonyl (C=O) groups excluding carboxylic acids is 1. The predicted molar refractivity (Wildman–Crippen MR) is 100 cm³/mol. The van der Waals surface area contributed by atoms with Crippen molar-refractivity contribution in [3.8, 4) is 0 Å². The number of benzene rings is 3. The van der Waals surface area contributed by atoms with E-state index in [0.717, 1.165) is 0 Å². The van der Waals surface area contributed by atoms with E-state index in [0.29, 0.717) is 21.2 Å². The van der Waals surface area contributed by atoms with Gasteiger partial charge < -0.3 is 4.57 Å². The van der Waals surface area contributed by atoms with Gasteiger partial charge in [-0.3, -0.25) is 4.79 Å². The van der Waals surface area contributed by atoms with E-state index >= 15 is 0 Å². The van der Waals surface area contributed by atoms with Crippen molar-refractivity contribution in [2.75, 3.05) is 6.16 Å². The fraction of sp³-hybridized carbons (Fsp3) is 0.0500. The minimum Gasteiger partial charge on any atom is -0.313 e. The minimum atomic E-state index is -3.05. The third-order valence-corrected chi connectivity index (χ3v) is 7.09. The number of hydrogen-bond donors (Lipinski definition) is 0.